The van der Waals surface area contributed by atoms with Crippen molar-refractivity contribution in [2.45, 2.75) is 0 Å². The van der Waals surface area contributed by atoms with Crippen LogP contribution in [0.5, 0.6) is 0 Å². The quantitative estimate of drug-likeness (QED) is 0.408. The summed E-state index contributed by atoms with van der Waals surface area (Å²) in [6, 6.07) is 0. The Bertz CT molecular complexity index is 360. The largest absolute Gasteiger partial charge is 0.369 e. The zero-order valence-electron chi connectivity index (χ0n) is 9.29. The van der Waals surface area contributed by atoms with Gasteiger partial charge in [-0.2, -0.15) is 0 Å². The van der Waals surface area contributed by atoms with Gasteiger partial charge in [0.15, 0.2) is 0 Å². The van der Waals surface area contributed by atoms with Gasteiger partial charge in [0, 0.05) is 31.1 Å². The molecule has 94 valence electrons. The first-order valence-electron chi connectivity index (χ1n) is 5.11. The number of piperazine rings is 1. The molecule has 1 heterocycles. The minimum atomic E-state index is -0.631. The number of nitro groups is 2. The van der Waals surface area contributed by atoms with Gasteiger partial charge >= 0.3 is 0 Å². The van der Waals surface area contributed by atoms with Crippen LogP contribution in [0.1, 0.15) is 0 Å². The number of hydrogen-bond acceptors (Lipinski definition) is 6. The molecule has 0 unspecified atom stereocenters. The Balaban J connectivity index is 2.76. The summed E-state index contributed by atoms with van der Waals surface area (Å²) >= 11 is 0. The van der Waals surface area contributed by atoms with Crippen molar-refractivity contribution in [2.24, 2.45) is 0 Å². The predicted octanol–water partition coefficient (Wildman–Crippen LogP) is -0.157. The van der Waals surface area contributed by atoms with Crippen LogP contribution < -0.4 is 5.32 Å². The molecule has 0 radical (unpaired) electrons. The molecule has 0 saturated carbocycles. The highest BCUT2D eigenvalue weighted by Gasteiger charge is 2.21. The molecule has 0 aliphatic carbocycles. The Hall–Kier alpha value is -1.96. The van der Waals surface area contributed by atoms with Crippen molar-refractivity contribution in [1.29, 1.82) is 0 Å². The topological polar surface area (TPSA) is 102 Å². The van der Waals surface area contributed by atoms with Crippen LogP contribution >= 0.6 is 0 Å². The molecule has 1 N–H and O–H groups in total. The van der Waals surface area contributed by atoms with Crippen LogP contribution in [0.4, 0.5) is 0 Å². The lowest BCUT2D eigenvalue weighted by Crippen LogP contribution is -2.41. The van der Waals surface area contributed by atoms with Crippen molar-refractivity contribution < 1.29 is 9.85 Å². The summed E-state index contributed by atoms with van der Waals surface area (Å²) in [5.41, 5.74) is -0.373. The summed E-state index contributed by atoms with van der Waals surface area (Å²) in [5, 5.41) is 24.2. The summed E-state index contributed by atoms with van der Waals surface area (Å²) in [5.74, 6) is 0. The molecule has 0 aromatic rings. The molecular weight excluding hydrogens is 228 g/mol. The highest BCUT2D eigenvalue weighted by Crippen LogP contribution is 2.10. The minimum Gasteiger partial charge on any atom is -0.369 e. The van der Waals surface area contributed by atoms with Gasteiger partial charge in [-0.1, -0.05) is 6.58 Å². The summed E-state index contributed by atoms with van der Waals surface area (Å²) in [6.07, 6.45) is 1.34. The van der Waals surface area contributed by atoms with E-state index >= 15 is 0 Å². The third-order valence-corrected chi connectivity index (χ3v) is 2.34. The summed E-state index contributed by atoms with van der Waals surface area (Å²) in [4.78, 5) is 21.6. The maximum absolute atomic E-state index is 10.8. The van der Waals surface area contributed by atoms with Crippen molar-refractivity contribution in [2.75, 3.05) is 32.7 Å². The molecule has 1 aliphatic heterocycles. The van der Waals surface area contributed by atoms with Crippen LogP contribution in [-0.4, -0.2) is 47.5 Å². The van der Waals surface area contributed by atoms with Gasteiger partial charge in [0.1, 0.15) is 0 Å². The fourth-order valence-electron chi connectivity index (χ4n) is 1.49. The fourth-order valence-corrected chi connectivity index (χ4v) is 1.49. The Morgan fingerprint density at radius 2 is 1.94 bits per heavy atom. The lowest BCUT2D eigenvalue weighted by atomic mass is 10.2. The number of hydrogen-bond donors (Lipinski definition) is 1. The maximum Gasteiger partial charge on any atom is 0.294 e. The monoisotopic (exact) mass is 242 g/mol. The van der Waals surface area contributed by atoms with Crippen LogP contribution in [-0.2, 0) is 0 Å². The molecule has 1 saturated heterocycles. The van der Waals surface area contributed by atoms with Gasteiger partial charge in [0.25, 0.3) is 5.70 Å². The first-order valence-corrected chi connectivity index (χ1v) is 5.11. The SMILES string of the molecule is C=C(C[N+](=O)[O-])C(=CN1CCNCC1)[N+](=O)[O-]. The highest BCUT2D eigenvalue weighted by molar-refractivity contribution is 5.21. The van der Waals surface area contributed by atoms with Crippen molar-refractivity contribution in [3.63, 3.8) is 0 Å². The Morgan fingerprint density at radius 3 is 2.41 bits per heavy atom. The second kappa shape index (κ2) is 5.94. The van der Waals surface area contributed by atoms with Crippen LogP contribution in [0.25, 0.3) is 0 Å². The molecule has 0 atom stereocenters. The van der Waals surface area contributed by atoms with Gasteiger partial charge in [-0.25, -0.2) is 0 Å². The van der Waals surface area contributed by atoms with Crippen molar-refractivity contribution in [1.82, 2.24) is 10.2 Å². The highest BCUT2D eigenvalue weighted by atomic mass is 16.6. The minimum absolute atomic E-state index is 0.0847. The van der Waals surface area contributed by atoms with Gasteiger partial charge in [-0.3, -0.25) is 20.2 Å². The van der Waals surface area contributed by atoms with E-state index < -0.39 is 16.4 Å². The average Bonchev–Trinajstić information content (AvgIpc) is 2.25. The summed E-state index contributed by atoms with van der Waals surface area (Å²) < 4.78 is 0. The van der Waals surface area contributed by atoms with E-state index in [2.05, 4.69) is 11.9 Å². The van der Waals surface area contributed by atoms with Crippen molar-refractivity contribution in [3.05, 3.63) is 44.3 Å². The molecule has 8 nitrogen and oxygen atoms in total. The first-order chi connectivity index (χ1) is 8.00. The Labute approximate surface area is 97.9 Å². The zero-order chi connectivity index (χ0) is 12.8. The third kappa shape index (κ3) is 4.19. The van der Waals surface area contributed by atoms with E-state index in [0.717, 1.165) is 13.1 Å². The first kappa shape index (κ1) is 13.1. The second-order valence-electron chi connectivity index (χ2n) is 3.65. The van der Waals surface area contributed by atoms with Crippen LogP contribution in [0.15, 0.2) is 24.0 Å². The van der Waals surface area contributed by atoms with Gasteiger partial charge in [0.2, 0.25) is 6.54 Å². The van der Waals surface area contributed by atoms with Gasteiger partial charge in [-0.05, 0) is 0 Å². The Morgan fingerprint density at radius 1 is 1.35 bits per heavy atom. The zero-order valence-corrected chi connectivity index (χ0v) is 9.29. The summed E-state index contributed by atoms with van der Waals surface area (Å²) in [6.45, 7) is 5.54. The van der Waals surface area contributed by atoms with Crippen molar-refractivity contribution >= 4 is 0 Å². The van der Waals surface area contributed by atoms with Crippen LogP contribution in [0.3, 0.4) is 0 Å². The summed E-state index contributed by atoms with van der Waals surface area (Å²) in [7, 11) is 0. The number of rotatable bonds is 5. The van der Waals surface area contributed by atoms with E-state index in [9.17, 15) is 20.2 Å². The number of nitrogens with one attached hydrogen (secondary N) is 1. The lowest BCUT2D eigenvalue weighted by Gasteiger charge is -2.25. The number of nitrogens with zero attached hydrogens (tertiary/aromatic N) is 3. The van der Waals surface area contributed by atoms with E-state index in [1.807, 2.05) is 0 Å². The molecular formula is C9H14N4O4. The average molecular weight is 242 g/mol. The normalized spacial score (nSPS) is 16.7. The molecule has 0 amide bonds. The fraction of sp³-hybridized carbons (Fsp3) is 0.556. The molecule has 0 bridgehead atoms. The Kier molecular flexibility index (Phi) is 4.58. The third-order valence-electron chi connectivity index (χ3n) is 2.34. The van der Waals surface area contributed by atoms with Gasteiger partial charge in [-0.15, -0.1) is 0 Å². The van der Waals surface area contributed by atoms with Crippen molar-refractivity contribution in [3.8, 4) is 0 Å². The standard InChI is InChI=1S/C9H14N4O4/c1-8(6-12(14)15)9(13(16)17)7-11-4-2-10-3-5-11/h7,10H,1-6H2. The molecule has 1 rings (SSSR count). The van der Waals surface area contributed by atoms with E-state index in [1.54, 1.807) is 4.90 Å². The maximum atomic E-state index is 10.8. The molecule has 0 aromatic carbocycles. The van der Waals surface area contributed by atoms with E-state index in [0.29, 0.717) is 13.1 Å². The smallest absolute Gasteiger partial charge is 0.294 e. The molecule has 0 spiro atoms. The second-order valence-corrected chi connectivity index (χ2v) is 3.65. The van der Waals surface area contributed by atoms with E-state index in [4.69, 9.17) is 0 Å². The molecule has 17 heavy (non-hydrogen) atoms. The van der Waals surface area contributed by atoms with Gasteiger partial charge < -0.3 is 10.2 Å². The van der Waals surface area contributed by atoms with E-state index in [1.165, 1.54) is 6.20 Å². The molecule has 8 heteroatoms. The van der Waals surface area contributed by atoms with Gasteiger partial charge in [0.05, 0.1) is 16.7 Å². The predicted molar refractivity (Wildman–Crippen MR) is 60.5 cm³/mol. The van der Waals surface area contributed by atoms with Crippen LogP contribution in [0, 0.1) is 20.2 Å². The van der Waals surface area contributed by atoms with E-state index in [-0.39, 0.29) is 11.3 Å². The lowest BCUT2D eigenvalue weighted by molar-refractivity contribution is -0.477. The molecule has 1 fully saturated rings. The van der Waals surface area contributed by atoms with Crippen LogP contribution in [0.2, 0.25) is 0 Å². The molecule has 0 aromatic heterocycles. The molecule has 1 aliphatic rings.